The fourth-order valence-corrected chi connectivity index (χ4v) is 4.62. The summed E-state index contributed by atoms with van der Waals surface area (Å²) in [6, 6.07) is 0. The van der Waals surface area contributed by atoms with Gasteiger partial charge in [0.1, 0.15) is 0 Å². The standard InChI is InChI=1S/C13H22O2Si/c1-16(2,3)15-13-9-5-4-6-11(13)7-8-12(14)10-13/h7-8,11H,4-6,9-10H2,1-3H3/t11-,13-/m0/s1. The van der Waals surface area contributed by atoms with Crippen LogP contribution in [-0.2, 0) is 9.22 Å². The van der Waals surface area contributed by atoms with E-state index in [-0.39, 0.29) is 11.4 Å². The largest absolute Gasteiger partial charge is 0.411 e. The van der Waals surface area contributed by atoms with Crippen molar-refractivity contribution in [1.82, 2.24) is 0 Å². The minimum Gasteiger partial charge on any atom is -0.411 e. The Morgan fingerprint density at radius 3 is 2.81 bits per heavy atom. The molecule has 0 N–H and O–H groups in total. The SMILES string of the molecule is C[Si](C)(C)O[C@]12CCCC[C@H]1C=CC(=O)C2. The molecule has 0 aliphatic heterocycles. The molecule has 0 heterocycles. The molecule has 0 saturated heterocycles. The lowest BCUT2D eigenvalue weighted by molar-refractivity contribution is -0.123. The quantitative estimate of drug-likeness (QED) is 0.690. The van der Waals surface area contributed by atoms with Crippen LogP contribution in [0.25, 0.3) is 0 Å². The third-order valence-corrected chi connectivity index (χ3v) is 4.56. The monoisotopic (exact) mass is 238 g/mol. The second kappa shape index (κ2) is 4.11. The molecule has 0 radical (unpaired) electrons. The number of rotatable bonds is 2. The maximum absolute atomic E-state index is 11.7. The van der Waals surface area contributed by atoms with E-state index in [1.807, 2.05) is 0 Å². The van der Waals surface area contributed by atoms with Crippen molar-refractivity contribution in [2.45, 2.75) is 57.3 Å². The van der Waals surface area contributed by atoms with E-state index < -0.39 is 8.32 Å². The van der Waals surface area contributed by atoms with E-state index in [0.29, 0.717) is 12.3 Å². The maximum Gasteiger partial charge on any atom is 0.184 e. The van der Waals surface area contributed by atoms with Crippen LogP contribution in [0.4, 0.5) is 0 Å². The smallest absolute Gasteiger partial charge is 0.184 e. The molecule has 16 heavy (non-hydrogen) atoms. The summed E-state index contributed by atoms with van der Waals surface area (Å²) >= 11 is 0. The summed E-state index contributed by atoms with van der Waals surface area (Å²) in [5.41, 5.74) is -0.144. The Hall–Kier alpha value is -0.413. The predicted octanol–water partition coefficient (Wildman–Crippen LogP) is 3.30. The Labute approximate surface area is 99.2 Å². The van der Waals surface area contributed by atoms with Gasteiger partial charge in [0.25, 0.3) is 0 Å². The summed E-state index contributed by atoms with van der Waals surface area (Å²) in [7, 11) is -1.58. The van der Waals surface area contributed by atoms with Crippen LogP contribution in [-0.4, -0.2) is 19.7 Å². The van der Waals surface area contributed by atoms with Crippen LogP contribution < -0.4 is 0 Å². The van der Waals surface area contributed by atoms with Gasteiger partial charge in [-0.1, -0.05) is 18.9 Å². The summed E-state index contributed by atoms with van der Waals surface area (Å²) in [5, 5.41) is 0. The lowest BCUT2D eigenvalue weighted by Crippen LogP contribution is -2.51. The van der Waals surface area contributed by atoms with Gasteiger partial charge >= 0.3 is 0 Å². The van der Waals surface area contributed by atoms with Crippen molar-refractivity contribution in [3.05, 3.63) is 12.2 Å². The Bertz CT molecular complexity index is 316. The van der Waals surface area contributed by atoms with E-state index in [0.717, 1.165) is 6.42 Å². The minimum absolute atomic E-state index is 0.144. The predicted molar refractivity (Wildman–Crippen MR) is 67.9 cm³/mol. The van der Waals surface area contributed by atoms with Crippen LogP contribution in [0.5, 0.6) is 0 Å². The lowest BCUT2D eigenvalue weighted by Gasteiger charge is -2.47. The Balaban J connectivity index is 2.25. The van der Waals surface area contributed by atoms with Gasteiger partial charge in [-0.05, 0) is 38.6 Å². The molecule has 2 rings (SSSR count). The molecule has 1 fully saturated rings. The summed E-state index contributed by atoms with van der Waals surface area (Å²) in [6.45, 7) is 6.66. The fraction of sp³-hybridized carbons (Fsp3) is 0.769. The first kappa shape index (κ1) is 12.1. The highest BCUT2D eigenvalue weighted by atomic mass is 28.4. The molecule has 0 aromatic carbocycles. The molecule has 1 saturated carbocycles. The Morgan fingerprint density at radius 2 is 2.12 bits per heavy atom. The first-order valence-corrected chi connectivity index (χ1v) is 9.73. The van der Waals surface area contributed by atoms with Gasteiger partial charge in [0.2, 0.25) is 0 Å². The number of allylic oxidation sites excluding steroid dienone is 1. The molecule has 0 aromatic rings. The molecule has 2 aliphatic rings. The zero-order chi connectivity index (χ0) is 11.8. The molecule has 2 aliphatic carbocycles. The van der Waals surface area contributed by atoms with Crippen molar-refractivity contribution < 1.29 is 9.22 Å². The molecule has 2 atom stereocenters. The summed E-state index contributed by atoms with van der Waals surface area (Å²) in [4.78, 5) is 11.7. The maximum atomic E-state index is 11.7. The molecule has 0 amide bonds. The van der Waals surface area contributed by atoms with Crippen LogP contribution in [0.15, 0.2) is 12.2 Å². The van der Waals surface area contributed by atoms with E-state index in [2.05, 4.69) is 25.7 Å². The van der Waals surface area contributed by atoms with Gasteiger partial charge in [0, 0.05) is 12.3 Å². The van der Waals surface area contributed by atoms with Crippen LogP contribution in [0.2, 0.25) is 19.6 Å². The van der Waals surface area contributed by atoms with Gasteiger partial charge in [0.15, 0.2) is 14.1 Å². The average molecular weight is 238 g/mol. The zero-order valence-corrected chi connectivity index (χ0v) is 11.6. The highest BCUT2D eigenvalue weighted by Crippen LogP contribution is 2.44. The Morgan fingerprint density at radius 1 is 1.38 bits per heavy atom. The molecule has 2 nitrogen and oxygen atoms in total. The molecule has 0 spiro atoms. The number of ketones is 1. The topological polar surface area (TPSA) is 26.3 Å². The summed E-state index contributed by atoms with van der Waals surface area (Å²) in [6.07, 6.45) is 9.22. The fourth-order valence-electron chi connectivity index (χ4n) is 3.08. The number of hydrogen-bond acceptors (Lipinski definition) is 2. The van der Waals surface area contributed by atoms with Crippen molar-refractivity contribution in [1.29, 1.82) is 0 Å². The zero-order valence-electron chi connectivity index (χ0n) is 10.6. The first-order chi connectivity index (χ1) is 7.41. The first-order valence-electron chi connectivity index (χ1n) is 6.33. The van der Waals surface area contributed by atoms with Crippen molar-refractivity contribution in [2.75, 3.05) is 0 Å². The van der Waals surface area contributed by atoms with Gasteiger partial charge in [0.05, 0.1) is 5.60 Å². The molecular formula is C13H22O2Si. The highest BCUT2D eigenvalue weighted by Gasteiger charge is 2.45. The molecule has 0 aromatic heterocycles. The van der Waals surface area contributed by atoms with E-state index in [1.165, 1.54) is 19.3 Å². The molecule has 0 unspecified atom stereocenters. The van der Waals surface area contributed by atoms with Gasteiger partial charge < -0.3 is 4.43 Å². The summed E-state index contributed by atoms with van der Waals surface area (Å²) in [5.74, 6) is 0.724. The van der Waals surface area contributed by atoms with Gasteiger partial charge in [-0.15, -0.1) is 0 Å². The van der Waals surface area contributed by atoms with Gasteiger partial charge in [-0.3, -0.25) is 4.79 Å². The number of carbonyl (C=O) groups excluding carboxylic acids is 1. The van der Waals surface area contributed by atoms with Crippen molar-refractivity contribution in [2.24, 2.45) is 5.92 Å². The highest BCUT2D eigenvalue weighted by molar-refractivity contribution is 6.69. The molecule has 3 heteroatoms. The van der Waals surface area contributed by atoms with Crippen molar-refractivity contribution >= 4 is 14.1 Å². The van der Waals surface area contributed by atoms with Crippen LogP contribution >= 0.6 is 0 Å². The van der Waals surface area contributed by atoms with E-state index in [4.69, 9.17) is 4.43 Å². The average Bonchev–Trinajstić information content (AvgIpc) is 2.13. The van der Waals surface area contributed by atoms with E-state index >= 15 is 0 Å². The third-order valence-electron chi connectivity index (χ3n) is 3.54. The second-order valence-corrected chi connectivity index (χ2v) is 10.6. The Kier molecular flexibility index (Phi) is 3.10. The molecular weight excluding hydrogens is 216 g/mol. The molecule has 90 valence electrons. The van der Waals surface area contributed by atoms with E-state index in [1.54, 1.807) is 6.08 Å². The van der Waals surface area contributed by atoms with Gasteiger partial charge in [-0.2, -0.15) is 0 Å². The van der Waals surface area contributed by atoms with Crippen molar-refractivity contribution in [3.63, 3.8) is 0 Å². The minimum atomic E-state index is -1.58. The van der Waals surface area contributed by atoms with Crippen LogP contribution in [0, 0.1) is 5.92 Å². The lowest BCUT2D eigenvalue weighted by atomic mass is 9.70. The van der Waals surface area contributed by atoms with Crippen LogP contribution in [0.1, 0.15) is 32.1 Å². The van der Waals surface area contributed by atoms with Crippen LogP contribution in [0.3, 0.4) is 0 Å². The van der Waals surface area contributed by atoms with Gasteiger partial charge in [-0.25, -0.2) is 0 Å². The number of carbonyl (C=O) groups is 1. The number of fused-ring (bicyclic) bond motifs is 1. The second-order valence-electron chi connectivity index (χ2n) is 6.13. The summed E-state index contributed by atoms with van der Waals surface area (Å²) < 4.78 is 6.41. The van der Waals surface area contributed by atoms with E-state index in [9.17, 15) is 4.79 Å². The number of hydrogen-bond donors (Lipinski definition) is 0. The van der Waals surface area contributed by atoms with Crippen molar-refractivity contribution in [3.8, 4) is 0 Å². The normalized spacial score (nSPS) is 34.9. The molecule has 0 bridgehead atoms. The third kappa shape index (κ3) is 2.46.